The van der Waals surface area contributed by atoms with Crippen molar-refractivity contribution in [3.63, 3.8) is 0 Å². The molecule has 0 bridgehead atoms. The third-order valence-electron chi connectivity index (χ3n) is 4.42. The normalized spacial score (nSPS) is 10.6. The number of aromatic nitrogens is 4. The number of nitrogens with one attached hydrogen (secondary N) is 1. The molecule has 0 unspecified atom stereocenters. The molecule has 0 spiro atoms. The fraction of sp³-hybridized carbons (Fsp3) is 0.130. The van der Waals surface area contributed by atoms with Gasteiger partial charge in [0.05, 0.1) is 0 Å². The zero-order valence-electron chi connectivity index (χ0n) is 17.4. The van der Waals surface area contributed by atoms with E-state index in [1.165, 1.54) is 0 Å². The first kappa shape index (κ1) is 21.3. The van der Waals surface area contributed by atoms with Gasteiger partial charge in [0.15, 0.2) is 6.61 Å². The molecule has 9 heteroatoms. The summed E-state index contributed by atoms with van der Waals surface area (Å²) >= 11 is 5.83. The van der Waals surface area contributed by atoms with Crippen LogP contribution in [0.3, 0.4) is 0 Å². The van der Waals surface area contributed by atoms with Crippen LogP contribution < -0.4 is 14.8 Å². The molecule has 1 amide bonds. The van der Waals surface area contributed by atoms with Crippen LogP contribution in [0.25, 0.3) is 5.82 Å². The summed E-state index contributed by atoms with van der Waals surface area (Å²) in [6.07, 6.45) is 3.54. The second-order valence-electron chi connectivity index (χ2n) is 6.87. The molecule has 0 aliphatic carbocycles. The van der Waals surface area contributed by atoms with E-state index in [0.717, 1.165) is 5.82 Å². The predicted molar refractivity (Wildman–Crippen MR) is 121 cm³/mol. The summed E-state index contributed by atoms with van der Waals surface area (Å²) in [7, 11) is 0. The molecule has 0 fully saturated rings. The molecule has 4 rings (SSSR count). The summed E-state index contributed by atoms with van der Waals surface area (Å²) in [4.78, 5) is 25.1. The molecular weight excluding hydrogens is 430 g/mol. The van der Waals surface area contributed by atoms with Gasteiger partial charge in [-0.1, -0.05) is 11.6 Å². The first-order valence-electron chi connectivity index (χ1n) is 9.78. The van der Waals surface area contributed by atoms with Crippen LogP contribution in [0.15, 0.2) is 67.0 Å². The Balaban J connectivity index is 1.36. The number of benzene rings is 2. The van der Waals surface area contributed by atoms with Gasteiger partial charge in [-0.2, -0.15) is 4.98 Å². The highest BCUT2D eigenvalue weighted by molar-refractivity contribution is 6.30. The van der Waals surface area contributed by atoms with Crippen molar-refractivity contribution in [3.05, 3.63) is 83.7 Å². The number of imidazole rings is 1. The standard InChI is InChI=1S/C23H20ClN5O3/c1-15-26-21(29-12-11-25-16(29)2)13-23(27-15)32-20-9-5-18(6-10-20)28-22(30)14-31-19-7-3-17(24)4-8-19/h3-13H,14H2,1-2H3,(H,28,30). The minimum Gasteiger partial charge on any atom is -0.484 e. The molecule has 2 aromatic carbocycles. The number of aryl methyl sites for hydroxylation is 2. The SMILES string of the molecule is Cc1nc(Oc2ccc(NC(=O)COc3ccc(Cl)cc3)cc2)cc(-n2ccnc2C)n1. The number of carbonyl (C=O) groups excluding carboxylic acids is 1. The lowest BCUT2D eigenvalue weighted by molar-refractivity contribution is -0.118. The molecule has 0 atom stereocenters. The van der Waals surface area contributed by atoms with Crippen molar-refractivity contribution in [3.8, 4) is 23.2 Å². The maximum absolute atomic E-state index is 12.1. The third-order valence-corrected chi connectivity index (χ3v) is 4.67. The van der Waals surface area contributed by atoms with Crippen molar-refractivity contribution in [2.45, 2.75) is 13.8 Å². The average molecular weight is 450 g/mol. The Bertz CT molecular complexity index is 1220. The maximum Gasteiger partial charge on any atom is 0.262 e. The van der Waals surface area contributed by atoms with E-state index in [0.29, 0.717) is 39.7 Å². The molecule has 0 saturated carbocycles. The summed E-state index contributed by atoms with van der Waals surface area (Å²) in [6.45, 7) is 3.58. The highest BCUT2D eigenvalue weighted by Crippen LogP contribution is 2.23. The summed E-state index contributed by atoms with van der Waals surface area (Å²) in [5.74, 6) is 3.34. The molecule has 162 valence electrons. The number of nitrogens with zero attached hydrogens (tertiary/aromatic N) is 4. The van der Waals surface area contributed by atoms with E-state index >= 15 is 0 Å². The first-order valence-corrected chi connectivity index (χ1v) is 10.2. The second kappa shape index (κ2) is 9.49. The van der Waals surface area contributed by atoms with Gasteiger partial charge in [-0.25, -0.2) is 9.97 Å². The van der Waals surface area contributed by atoms with Crippen molar-refractivity contribution >= 4 is 23.2 Å². The highest BCUT2D eigenvalue weighted by atomic mass is 35.5. The number of anilines is 1. The Kier molecular flexibility index (Phi) is 6.32. The van der Waals surface area contributed by atoms with Gasteiger partial charge >= 0.3 is 0 Å². The maximum atomic E-state index is 12.1. The Morgan fingerprint density at radius 3 is 2.44 bits per heavy atom. The lowest BCUT2D eigenvalue weighted by atomic mass is 10.3. The second-order valence-corrected chi connectivity index (χ2v) is 7.31. The van der Waals surface area contributed by atoms with E-state index < -0.39 is 0 Å². The third kappa shape index (κ3) is 5.41. The topological polar surface area (TPSA) is 91.2 Å². The van der Waals surface area contributed by atoms with Gasteiger partial charge in [0.1, 0.15) is 29.0 Å². The van der Waals surface area contributed by atoms with E-state index in [1.807, 2.05) is 17.7 Å². The number of rotatable bonds is 7. The van der Waals surface area contributed by atoms with Crippen LogP contribution in [0, 0.1) is 13.8 Å². The Hall–Kier alpha value is -3.91. The lowest BCUT2D eigenvalue weighted by Gasteiger charge is -2.10. The predicted octanol–water partition coefficient (Wildman–Crippen LogP) is 4.74. The molecule has 2 heterocycles. The smallest absolute Gasteiger partial charge is 0.262 e. The van der Waals surface area contributed by atoms with Crippen molar-refractivity contribution in [2.75, 3.05) is 11.9 Å². The minimum atomic E-state index is -0.277. The molecular formula is C23H20ClN5O3. The van der Waals surface area contributed by atoms with Crippen LogP contribution in [0.1, 0.15) is 11.6 Å². The number of carbonyl (C=O) groups is 1. The van der Waals surface area contributed by atoms with Crippen LogP contribution in [0.4, 0.5) is 5.69 Å². The molecule has 0 saturated heterocycles. The first-order chi connectivity index (χ1) is 15.5. The molecule has 32 heavy (non-hydrogen) atoms. The van der Waals surface area contributed by atoms with E-state index in [4.69, 9.17) is 21.1 Å². The Morgan fingerprint density at radius 2 is 1.75 bits per heavy atom. The molecule has 8 nitrogen and oxygen atoms in total. The molecule has 4 aromatic rings. The van der Waals surface area contributed by atoms with Gasteiger partial charge in [0, 0.05) is 29.2 Å². The molecule has 0 radical (unpaired) electrons. The van der Waals surface area contributed by atoms with Crippen LogP contribution in [-0.2, 0) is 4.79 Å². The fourth-order valence-electron chi connectivity index (χ4n) is 2.92. The Labute approximate surface area is 189 Å². The molecule has 0 aliphatic heterocycles. The van der Waals surface area contributed by atoms with Gasteiger partial charge < -0.3 is 14.8 Å². The van der Waals surface area contributed by atoms with Gasteiger partial charge in [-0.05, 0) is 62.4 Å². The number of halogens is 1. The van der Waals surface area contributed by atoms with Crippen LogP contribution in [0.5, 0.6) is 17.4 Å². The average Bonchev–Trinajstić information content (AvgIpc) is 3.20. The van der Waals surface area contributed by atoms with Crippen molar-refractivity contribution < 1.29 is 14.3 Å². The van der Waals surface area contributed by atoms with Gasteiger partial charge in [-0.15, -0.1) is 0 Å². The van der Waals surface area contributed by atoms with E-state index in [9.17, 15) is 4.79 Å². The van der Waals surface area contributed by atoms with Crippen molar-refractivity contribution in [2.24, 2.45) is 0 Å². The number of hydrogen-bond acceptors (Lipinski definition) is 6. The number of amides is 1. The summed E-state index contributed by atoms with van der Waals surface area (Å²) < 4.78 is 13.2. The minimum absolute atomic E-state index is 0.115. The molecule has 0 aliphatic rings. The number of ether oxygens (including phenoxy) is 2. The van der Waals surface area contributed by atoms with E-state index in [2.05, 4.69) is 20.3 Å². The van der Waals surface area contributed by atoms with Gasteiger partial charge in [0.25, 0.3) is 5.91 Å². The summed E-state index contributed by atoms with van der Waals surface area (Å²) in [5, 5.41) is 3.38. The van der Waals surface area contributed by atoms with E-state index in [1.54, 1.807) is 67.7 Å². The zero-order chi connectivity index (χ0) is 22.5. The molecule has 2 aromatic heterocycles. The summed E-state index contributed by atoms with van der Waals surface area (Å²) in [5.41, 5.74) is 0.621. The Morgan fingerprint density at radius 1 is 1.03 bits per heavy atom. The van der Waals surface area contributed by atoms with Crippen LogP contribution in [-0.4, -0.2) is 32.0 Å². The van der Waals surface area contributed by atoms with Crippen molar-refractivity contribution in [1.82, 2.24) is 19.5 Å². The largest absolute Gasteiger partial charge is 0.484 e. The fourth-order valence-corrected chi connectivity index (χ4v) is 3.05. The zero-order valence-corrected chi connectivity index (χ0v) is 18.2. The summed E-state index contributed by atoms with van der Waals surface area (Å²) in [6, 6.07) is 15.5. The quantitative estimate of drug-likeness (QED) is 0.438. The van der Waals surface area contributed by atoms with Gasteiger partial charge in [-0.3, -0.25) is 9.36 Å². The molecule has 1 N–H and O–H groups in total. The lowest BCUT2D eigenvalue weighted by Crippen LogP contribution is -2.20. The number of hydrogen-bond donors (Lipinski definition) is 1. The highest BCUT2D eigenvalue weighted by Gasteiger charge is 2.09. The van der Waals surface area contributed by atoms with Crippen LogP contribution in [0.2, 0.25) is 5.02 Å². The van der Waals surface area contributed by atoms with Gasteiger partial charge in [0.2, 0.25) is 5.88 Å². The monoisotopic (exact) mass is 449 g/mol. The van der Waals surface area contributed by atoms with Crippen LogP contribution >= 0.6 is 11.6 Å². The van der Waals surface area contributed by atoms with Crippen molar-refractivity contribution in [1.29, 1.82) is 0 Å². The van der Waals surface area contributed by atoms with E-state index in [-0.39, 0.29) is 12.5 Å².